The number of halogens is 5. The number of imidazole rings is 1. The Labute approximate surface area is 197 Å². The lowest BCUT2D eigenvalue weighted by Gasteiger charge is -2.40. The van der Waals surface area contributed by atoms with Crippen LogP contribution in [0.15, 0.2) is 49.2 Å². The summed E-state index contributed by atoms with van der Waals surface area (Å²) in [5.74, 6) is -8.70. The summed E-state index contributed by atoms with van der Waals surface area (Å²) in [6.07, 6.45) is 4.54. The number of hydrogen-bond acceptors (Lipinski definition) is 4. The maximum atomic E-state index is 14.6. The number of likely N-dealkylation sites (tertiary alicyclic amines) is 1. The number of aromatic nitrogens is 3. The number of rotatable bonds is 6. The highest BCUT2D eigenvalue weighted by molar-refractivity contribution is 5.93. The molecule has 1 amide bonds. The Kier molecular flexibility index (Phi) is 6.75. The molecule has 0 bridgehead atoms. The van der Waals surface area contributed by atoms with E-state index in [4.69, 9.17) is 0 Å². The fourth-order valence-corrected chi connectivity index (χ4v) is 4.08. The highest BCUT2D eigenvalue weighted by Gasteiger charge is 2.46. The van der Waals surface area contributed by atoms with Crippen LogP contribution in [0.25, 0.3) is 0 Å². The number of nitrogens with zero attached hydrogens (tertiary/aromatic N) is 4. The van der Waals surface area contributed by atoms with E-state index in [0.717, 1.165) is 24.5 Å². The number of carbonyl (C=O) groups excluding carboxylic acids is 1. The molecule has 35 heavy (non-hydrogen) atoms. The largest absolute Gasteiger partial charge is 0.619 e. The third kappa shape index (κ3) is 5.26. The van der Waals surface area contributed by atoms with Crippen LogP contribution in [-0.2, 0) is 11.3 Å². The third-order valence-corrected chi connectivity index (χ3v) is 6.17. The first kappa shape index (κ1) is 24.6. The number of pyridine rings is 1. The van der Waals surface area contributed by atoms with Gasteiger partial charge >= 0.3 is 0 Å². The molecule has 0 saturated carbocycles. The second kappa shape index (κ2) is 9.61. The molecule has 1 aliphatic rings. The van der Waals surface area contributed by atoms with Gasteiger partial charge in [-0.15, -0.1) is 0 Å². The van der Waals surface area contributed by atoms with E-state index in [1.54, 1.807) is 11.8 Å². The fourth-order valence-electron chi connectivity index (χ4n) is 4.08. The quantitative estimate of drug-likeness (QED) is 0.246. The van der Waals surface area contributed by atoms with Gasteiger partial charge in [0.05, 0.1) is 24.8 Å². The highest BCUT2D eigenvalue weighted by Crippen LogP contribution is 2.40. The van der Waals surface area contributed by atoms with E-state index >= 15 is 0 Å². The van der Waals surface area contributed by atoms with Crippen molar-refractivity contribution >= 4 is 11.7 Å². The minimum Gasteiger partial charge on any atom is -0.619 e. The van der Waals surface area contributed by atoms with Crippen molar-refractivity contribution in [3.63, 3.8) is 0 Å². The molecule has 3 heterocycles. The van der Waals surface area contributed by atoms with Gasteiger partial charge in [-0.3, -0.25) is 9.69 Å². The lowest BCUT2D eigenvalue weighted by molar-refractivity contribution is -0.605. The van der Waals surface area contributed by atoms with Crippen molar-refractivity contribution < 1.29 is 31.5 Å². The van der Waals surface area contributed by atoms with Crippen molar-refractivity contribution in [2.45, 2.75) is 37.8 Å². The van der Waals surface area contributed by atoms with Gasteiger partial charge in [-0.1, -0.05) is 6.07 Å². The lowest BCUT2D eigenvalue weighted by Crippen LogP contribution is -2.52. The van der Waals surface area contributed by atoms with Gasteiger partial charge < -0.3 is 15.1 Å². The van der Waals surface area contributed by atoms with E-state index in [2.05, 4.69) is 10.3 Å². The SMILES string of the molecule is C[C@@H](C(=O)Nc1cn(Cc2ccc(F)c(F)c2F)cn1)N1CCC(F)(F)[C@@H](c2cc[n+]([O-])cc2)C1. The minimum atomic E-state index is -2.99. The van der Waals surface area contributed by atoms with Crippen LogP contribution < -0.4 is 10.0 Å². The summed E-state index contributed by atoms with van der Waals surface area (Å²) in [7, 11) is 0. The maximum absolute atomic E-state index is 14.6. The van der Waals surface area contributed by atoms with Gasteiger partial charge in [0.2, 0.25) is 5.91 Å². The van der Waals surface area contributed by atoms with Gasteiger partial charge in [-0.25, -0.2) is 26.9 Å². The molecular weight excluding hydrogens is 473 g/mol. The summed E-state index contributed by atoms with van der Waals surface area (Å²) >= 11 is 0. The molecule has 0 aliphatic carbocycles. The second-order valence-electron chi connectivity index (χ2n) is 8.48. The van der Waals surface area contributed by atoms with E-state index < -0.39 is 47.7 Å². The summed E-state index contributed by atoms with van der Waals surface area (Å²) < 4.78 is 71.6. The van der Waals surface area contributed by atoms with Crippen LogP contribution in [0.2, 0.25) is 0 Å². The van der Waals surface area contributed by atoms with E-state index in [1.165, 1.54) is 29.2 Å². The van der Waals surface area contributed by atoms with Crippen molar-refractivity contribution in [2.24, 2.45) is 0 Å². The molecule has 4 rings (SSSR count). The number of hydrogen-bond donors (Lipinski definition) is 1. The Bertz CT molecular complexity index is 1220. The molecule has 0 spiro atoms. The van der Waals surface area contributed by atoms with Crippen LogP contribution in [0, 0.1) is 22.7 Å². The maximum Gasteiger partial charge on any atom is 0.257 e. The molecule has 1 N–H and O–H groups in total. The molecular formula is C23H22F5N5O2. The molecule has 1 fully saturated rings. The van der Waals surface area contributed by atoms with Crippen LogP contribution in [-0.4, -0.2) is 45.4 Å². The minimum absolute atomic E-state index is 0.00365. The summed E-state index contributed by atoms with van der Waals surface area (Å²) in [6.45, 7) is 1.34. The van der Waals surface area contributed by atoms with Crippen molar-refractivity contribution in [1.29, 1.82) is 0 Å². The van der Waals surface area contributed by atoms with Crippen molar-refractivity contribution in [2.75, 3.05) is 18.4 Å². The molecule has 0 unspecified atom stereocenters. The Balaban J connectivity index is 1.41. The normalized spacial score (nSPS) is 18.9. The number of alkyl halides is 2. The Morgan fingerprint density at radius 2 is 1.94 bits per heavy atom. The number of benzene rings is 1. The number of nitrogens with one attached hydrogen (secondary N) is 1. The van der Waals surface area contributed by atoms with Crippen LogP contribution in [0.3, 0.4) is 0 Å². The summed E-state index contributed by atoms with van der Waals surface area (Å²) in [5.41, 5.74) is 0.207. The van der Waals surface area contributed by atoms with Crippen LogP contribution >= 0.6 is 0 Å². The Hall–Kier alpha value is -3.54. The third-order valence-electron chi connectivity index (χ3n) is 6.17. The number of piperidine rings is 1. The van der Waals surface area contributed by atoms with E-state index in [1.807, 2.05) is 0 Å². The van der Waals surface area contributed by atoms with E-state index in [9.17, 15) is 32.0 Å². The molecule has 2 aromatic heterocycles. The number of amides is 1. The zero-order valence-corrected chi connectivity index (χ0v) is 18.6. The summed E-state index contributed by atoms with van der Waals surface area (Å²) in [6, 6.07) is 3.86. The second-order valence-corrected chi connectivity index (χ2v) is 8.48. The Morgan fingerprint density at radius 3 is 2.66 bits per heavy atom. The van der Waals surface area contributed by atoms with Crippen LogP contribution in [0.1, 0.15) is 30.4 Å². The van der Waals surface area contributed by atoms with Crippen molar-refractivity contribution in [3.05, 3.63) is 83.0 Å². The van der Waals surface area contributed by atoms with Gasteiger partial charge in [0.1, 0.15) is 0 Å². The summed E-state index contributed by atoms with van der Waals surface area (Å²) in [4.78, 5) is 18.4. The van der Waals surface area contributed by atoms with Gasteiger partial charge in [0, 0.05) is 43.4 Å². The molecule has 0 radical (unpaired) electrons. The topological polar surface area (TPSA) is 77.1 Å². The molecule has 12 heteroatoms. The molecule has 1 saturated heterocycles. The van der Waals surface area contributed by atoms with Gasteiger partial charge in [0.25, 0.3) is 5.92 Å². The molecule has 2 atom stereocenters. The zero-order chi connectivity index (χ0) is 25.3. The predicted molar refractivity (Wildman–Crippen MR) is 115 cm³/mol. The number of anilines is 1. The van der Waals surface area contributed by atoms with Crippen LogP contribution in [0.4, 0.5) is 27.8 Å². The van der Waals surface area contributed by atoms with E-state index in [-0.39, 0.29) is 31.0 Å². The average Bonchev–Trinajstić information content (AvgIpc) is 3.26. The van der Waals surface area contributed by atoms with Gasteiger partial charge in [-0.05, 0) is 18.6 Å². The fraction of sp³-hybridized carbons (Fsp3) is 0.348. The van der Waals surface area contributed by atoms with Crippen molar-refractivity contribution in [3.8, 4) is 0 Å². The first-order valence-electron chi connectivity index (χ1n) is 10.8. The van der Waals surface area contributed by atoms with Gasteiger partial charge in [0.15, 0.2) is 35.7 Å². The molecule has 1 aliphatic heterocycles. The monoisotopic (exact) mass is 495 g/mol. The predicted octanol–water partition coefficient (Wildman–Crippen LogP) is 3.43. The molecule has 3 aromatic rings. The van der Waals surface area contributed by atoms with Gasteiger partial charge in [-0.2, -0.15) is 4.73 Å². The molecule has 186 valence electrons. The van der Waals surface area contributed by atoms with Crippen molar-refractivity contribution in [1.82, 2.24) is 14.5 Å². The lowest BCUT2D eigenvalue weighted by atomic mass is 9.87. The highest BCUT2D eigenvalue weighted by atomic mass is 19.3. The smallest absolute Gasteiger partial charge is 0.257 e. The van der Waals surface area contributed by atoms with E-state index in [0.29, 0.717) is 10.3 Å². The first-order valence-corrected chi connectivity index (χ1v) is 10.8. The number of carbonyl (C=O) groups is 1. The molecule has 7 nitrogen and oxygen atoms in total. The standard InChI is InChI=1S/C23H22F5N5O2/c1-14(32-9-6-23(27,28)17(11-32)15-4-7-33(35)8-5-15)22(34)30-19-12-31(13-29-19)10-16-2-3-18(24)21(26)20(16)25/h2-5,7-8,12-14,17H,6,9-11H2,1H3,(H,30,34)/t14-,17+/m0/s1. The Morgan fingerprint density at radius 1 is 1.23 bits per heavy atom. The zero-order valence-electron chi connectivity index (χ0n) is 18.6. The molecule has 1 aromatic carbocycles. The summed E-state index contributed by atoms with van der Waals surface area (Å²) in [5, 5.41) is 13.8. The first-order chi connectivity index (χ1) is 16.5. The average molecular weight is 495 g/mol. The van der Waals surface area contributed by atoms with Crippen LogP contribution in [0.5, 0.6) is 0 Å².